The van der Waals surface area contributed by atoms with Crippen molar-refractivity contribution in [2.75, 3.05) is 6.61 Å². The molecule has 2 rings (SSSR count). The van der Waals surface area contributed by atoms with E-state index < -0.39 is 5.97 Å². The molecule has 6 heteroatoms. The summed E-state index contributed by atoms with van der Waals surface area (Å²) in [6, 6.07) is 10.9. The highest BCUT2D eigenvalue weighted by Gasteiger charge is 2.11. The van der Waals surface area contributed by atoms with Gasteiger partial charge >= 0.3 is 5.97 Å². The van der Waals surface area contributed by atoms with E-state index in [4.69, 9.17) is 9.15 Å². The third-order valence-electron chi connectivity index (χ3n) is 3.02. The normalized spacial score (nSPS) is 12.1. The molecular weight excluding hydrogens is 362 g/mol. The van der Waals surface area contributed by atoms with Crippen LogP contribution in [0, 0.1) is 0 Å². The van der Waals surface area contributed by atoms with Gasteiger partial charge in [-0.3, -0.25) is 4.79 Å². The second kappa shape index (κ2) is 8.33. The molecule has 1 aromatic carbocycles. The van der Waals surface area contributed by atoms with E-state index in [-0.39, 0.29) is 18.6 Å². The van der Waals surface area contributed by atoms with Gasteiger partial charge in [0.1, 0.15) is 5.76 Å². The fourth-order valence-electron chi connectivity index (χ4n) is 1.84. The molecule has 2 aromatic rings. The van der Waals surface area contributed by atoms with Crippen LogP contribution >= 0.6 is 15.9 Å². The zero-order valence-electron chi connectivity index (χ0n) is 12.5. The smallest absolute Gasteiger partial charge is 0.331 e. The predicted molar refractivity (Wildman–Crippen MR) is 89.4 cm³/mol. The molecule has 0 aliphatic rings. The number of ether oxygens (including phenoxy) is 1. The van der Waals surface area contributed by atoms with E-state index >= 15 is 0 Å². The van der Waals surface area contributed by atoms with Crippen molar-refractivity contribution in [3.63, 3.8) is 0 Å². The number of carbonyl (C=O) groups is 2. The molecule has 1 atom stereocenters. The number of amides is 1. The number of furan rings is 1. The number of esters is 1. The van der Waals surface area contributed by atoms with Gasteiger partial charge in [0, 0.05) is 10.5 Å². The number of hydrogen-bond acceptors (Lipinski definition) is 4. The Kier molecular flexibility index (Phi) is 6.17. The summed E-state index contributed by atoms with van der Waals surface area (Å²) in [5.41, 5.74) is 0.964. The number of nitrogens with one attached hydrogen (secondary N) is 1. The minimum atomic E-state index is -0.604. The lowest BCUT2D eigenvalue weighted by Gasteiger charge is -2.14. The minimum absolute atomic E-state index is 0.173. The lowest BCUT2D eigenvalue weighted by Crippen LogP contribution is -2.30. The van der Waals surface area contributed by atoms with Crippen molar-refractivity contribution in [3.8, 4) is 0 Å². The summed E-state index contributed by atoms with van der Waals surface area (Å²) >= 11 is 3.36. The van der Waals surface area contributed by atoms with Crippen LogP contribution in [0.4, 0.5) is 0 Å². The Hall–Kier alpha value is -2.34. The SMILES string of the molecule is C[C@H](NC(=O)COC(=O)/C=C/c1ccco1)c1ccc(Br)cc1. The third kappa shape index (κ3) is 5.75. The largest absolute Gasteiger partial charge is 0.465 e. The van der Waals surface area contributed by atoms with E-state index in [1.54, 1.807) is 12.1 Å². The Morgan fingerprint density at radius 2 is 2.04 bits per heavy atom. The van der Waals surface area contributed by atoms with Gasteiger partial charge in [-0.2, -0.15) is 0 Å². The van der Waals surface area contributed by atoms with Crippen molar-refractivity contribution in [2.24, 2.45) is 0 Å². The van der Waals surface area contributed by atoms with Crippen molar-refractivity contribution in [1.82, 2.24) is 5.32 Å². The molecule has 1 amide bonds. The Morgan fingerprint density at radius 3 is 2.70 bits per heavy atom. The van der Waals surface area contributed by atoms with Crippen LogP contribution in [0.1, 0.15) is 24.3 Å². The number of carbonyl (C=O) groups excluding carboxylic acids is 2. The van der Waals surface area contributed by atoms with E-state index in [0.717, 1.165) is 10.0 Å². The first kappa shape index (κ1) is 17.0. The van der Waals surface area contributed by atoms with Gasteiger partial charge in [-0.15, -0.1) is 0 Å². The minimum Gasteiger partial charge on any atom is -0.465 e. The van der Waals surface area contributed by atoms with E-state index in [1.807, 2.05) is 31.2 Å². The molecule has 120 valence electrons. The molecular formula is C17H16BrNO4. The Balaban J connectivity index is 1.76. The fourth-order valence-corrected chi connectivity index (χ4v) is 2.10. The Bertz CT molecular complexity index is 677. The summed E-state index contributed by atoms with van der Waals surface area (Å²) in [4.78, 5) is 23.3. The molecule has 0 saturated carbocycles. The first-order valence-corrected chi connectivity index (χ1v) is 7.77. The van der Waals surface area contributed by atoms with E-state index in [1.165, 1.54) is 18.4 Å². The molecule has 0 saturated heterocycles. The van der Waals surface area contributed by atoms with E-state index in [0.29, 0.717) is 5.76 Å². The third-order valence-corrected chi connectivity index (χ3v) is 3.55. The molecule has 0 unspecified atom stereocenters. The first-order valence-electron chi connectivity index (χ1n) is 6.98. The molecule has 0 spiro atoms. The summed E-state index contributed by atoms with van der Waals surface area (Å²) in [7, 11) is 0. The van der Waals surface area contributed by atoms with Crippen molar-refractivity contribution in [3.05, 3.63) is 64.5 Å². The van der Waals surface area contributed by atoms with Gasteiger partial charge in [-0.25, -0.2) is 4.79 Å². The van der Waals surface area contributed by atoms with Crippen LogP contribution in [0.2, 0.25) is 0 Å². The van der Waals surface area contributed by atoms with E-state index in [9.17, 15) is 9.59 Å². The maximum atomic E-state index is 11.8. The molecule has 1 N–H and O–H groups in total. The average molecular weight is 378 g/mol. The van der Waals surface area contributed by atoms with Crippen LogP contribution in [0.25, 0.3) is 6.08 Å². The molecule has 23 heavy (non-hydrogen) atoms. The van der Waals surface area contributed by atoms with Crippen molar-refractivity contribution in [1.29, 1.82) is 0 Å². The number of benzene rings is 1. The second-order valence-corrected chi connectivity index (χ2v) is 5.71. The summed E-state index contributed by atoms with van der Waals surface area (Å²) in [6.45, 7) is 1.53. The van der Waals surface area contributed by atoms with Gasteiger partial charge < -0.3 is 14.5 Å². The summed E-state index contributed by atoms with van der Waals surface area (Å²) in [5, 5.41) is 2.77. The number of rotatable bonds is 6. The maximum absolute atomic E-state index is 11.8. The van der Waals surface area contributed by atoms with Gasteiger partial charge in [0.05, 0.1) is 12.3 Å². The van der Waals surface area contributed by atoms with Crippen molar-refractivity contribution >= 4 is 33.9 Å². The van der Waals surface area contributed by atoms with Crippen LogP contribution in [0.5, 0.6) is 0 Å². The molecule has 0 radical (unpaired) electrons. The van der Waals surface area contributed by atoms with Gasteiger partial charge in [0.2, 0.25) is 0 Å². The average Bonchev–Trinajstić information content (AvgIpc) is 3.05. The maximum Gasteiger partial charge on any atom is 0.331 e. The molecule has 1 heterocycles. The van der Waals surface area contributed by atoms with Gasteiger partial charge in [-0.05, 0) is 42.8 Å². The first-order chi connectivity index (χ1) is 11.0. The summed E-state index contributed by atoms with van der Waals surface area (Å²) in [6.07, 6.45) is 4.19. The summed E-state index contributed by atoms with van der Waals surface area (Å²) in [5.74, 6) is -0.428. The standard InChI is InChI=1S/C17H16BrNO4/c1-12(13-4-6-14(18)7-5-13)19-16(20)11-23-17(21)9-8-15-3-2-10-22-15/h2-10,12H,11H2,1H3,(H,19,20)/b9-8+/t12-/m0/s1. The van der Waals surface area contributed by atoms with Gasteiger partial charge in [-0.1, -0.05) is 28.1 Å². The van der Waals surface area contributed by atoms with Crippen LogP contribution in [-0.2, 0) is 14.3 Å². The van der Waals surface area contributed by atoms with Gasteiger partial charge in [0.25, 0.3) is 5.91 Å². The van der Waals surface area contributed by atoms with Gasteiger partial charge in [0.15, 0.2) is 6.61 Å². The zero-order valence-corrected chi connectivity index (χ0v) is 14.1. The molecule has 0 fully saturated rings. The van der Waals surface area contributed by atoms with Crippen LogP contribution in [0.15, 0.2) is 57.6 Å². The van der Waals surface area contributed by atoms with Crippen molar-refractivity contribution in [2.45, 2.75) is 13.0 Å². The highest BCUT2D eigenvalue weighted by molar-refractivity contribution is 9.10. The van der Waals surface area contributed by atoms with E-state index in [2.05, 4.69) is 21.2 Å². The summed E-state index contributed by atoms with van der Waals surface area (Å²) < 4.78 is 10.9. The molecule has 0 aliphatic carbocycles. The molecule has 1 aromatic heterocycles. The number of halogens is 1. The molecule has 0 bridgehead atoms. The lowest BCUT2D eigenvalue weighted by molar-refractivity contribution is -0.144. The highest BCUT2D eigenvalue weighted by Crippen LogP contribution is 2.16. The second-order valence-electron chi connectivity index (χ2n) is 4.80. The van der Waals surface area contributed by atoms with Crippen LogP contribution in [-0.4, -0.2) is 18.5 Å². The Labute approximate surface area is 142 Å². The van der Waals surface area contributed by atoms with Crippen LogP contribution < -0.4 is 5.32 Å². The quantitative estimate of drug-likeness (QED) is 0.617. The molecule has 5 nitrogen and oxygen atoms in total. The highest BCUT2D eigenvalue weighted by atomic mass is 79.9. The topological polar surface area (TPSA) is 68.5 Å². The van der Waals surface area contributed by atoms with Crippen molar-refractivity contribution < 1.29 is 18.7 Å². The number of hydrogen-bond donors (Lipinski definition) is 1. The molecule has 0 aliphatic heterocycles. The zero-order chi connectivity index (χ0) is 16.7. The fraction of sp³-hybridized carbons (Fsp3) is 0.176. The monoisotopic (exact) mass is 377 g/mol. The lowest BCUT2D eigenvalue weighted by atomic mass is 10.1. The Morgan fingerprint density at radius 1 is 1.30 bits per heavy atom. The predicted octanol–water partition coefficient (Wildman–Crippen LogP) is 3.48. The van der Waals surface area contributed by atoms with Crippen LogP contribution in [0.3, 0.4) is 0 Å².